The van der Waals surface area contributed by atoms with Crippen molar-refractivity contribution in [1.82, 2.24) is 15.3 Å². The number of esters is 2. The number of amides is 2. The second-order valence-corrected chi connectivity index (χ2v) is 10.7. The van der Waals surface area contributed by atoms with Crippen LogP contribution in [0.4, 0.5) is 0 Å². The summed E-state index contributed by atoms with van der Waals surface area (Å²) in [5.41, 5.74) is 8.06. The lowest BCUT2D eigenvalue weighted by atomic mass is 9.86. The molecule has 0 saturated heterocycles. The lowest BCUT2D eigenvalue weighted by Crippen LogP contribution is -2.49. The highest BCUT2D eigenvalue weighted by Crippen LogP contribution is 2.27. The van der Waals surface area contributed by atoms with Gasteiger partial charge in [0, 0.05) is 65.4 Å². The molecule has 0 bridgehead atoms. The maximum absolute atomic E-state index is 13.1. The number of hydrogen-bond acceptors (Lipinski definition) is 6. The molecule has 2 aromatic carbocycles. The molecule has 1 unspecified atom stereocenters. The molecule has 41 heavy (non-hydrogen) atoms. The molecular formula is C31H36N4O6. The molecule has 1 atom stereocenters. The first-order chi connectivity index (χ1) is 19.6. The van der Waals surface area contributed by atoms with Crippen molar-refractivity contribution in [2.75, 3.05) is 13.2 Å². The molecule has 4 aromatic rings. The van der Waals surface area contributed by atoms with Gasteiger partial charge in [-0.3, -0.25) is 19.2 Å². The van der Waals surface area contributed by atoms with E-state index >= 15 is 0 Å². The number of aromatic nitrogens is 2. The Bertz CT molecular complexity index is 1540. The molecule has 5 N–H and O–H groups in total. The van der Waals surface area contributed by atoms with Crippen LogP contribution in [0.1, 0.15) is 44.2 Å². The van der Waals surface area contributed by atoms with Crippen LogP contribution in [0.5, 0.6) is 0 Å². The zero-order valence-corrected chi connectivity index (χ0v) is 23.3. The van der Waals surface area contributed by atoms with Crippen LogP contribution in [-0.4, -0.2) is 53.0 Å². The molecule has 10 nitrogen and oxygen atoms in total. The van der Waals surface area contributed by atoms with Crippen LogP contribution in [0.3, 0.4) is 0 Å². The monoisotopic (exact) mass is 560 g/mol. The minimum Gasteiger partial charge on any atom is -0.465 e. The number of carbonyl (C=O) groups is 4. The molecule has 10 heteroatoms. The van der Waals surface area contributed by atoms with Crippen molar-refractivity contribution in [2.45, 2.75) is 52.1 Å². The van der Waals surface area contributed by atoms with Crippen molar-refractivity contribution in [2.24, 2.45) is 11.1 Å². The molecule has 2 aromatic heterocycles. The summed E-state index contributed by atoms with van der Waals surface area (Å²) >= 11 is 0. The molecular weight excluding hydrogens is 524 g/mol. The number of H-pyrrole nitrogens is 2. The van der Waals surface area contributed by atoms with E-state index in [4.69, 9.17) is 15.2 Å². The molecule has 216 valence electrons. The van der Waals surface area contributed by atoms with Crippen LogP contribution in [-0.2, 0) is 41.5 Å². The highest BCUT2D eigenvalue weighted by atomic mass is 16.6. The van der Waals surface area contributed by atoms with Crippen molar-refractivity contribution < 1.29 is 28.7 Å². The Kier molecular flexibility index (Phi) is 9.44. The minimum atomic E-state index is -1.26. The number of fused-ring (bicyclic) bond motifs is 2. The Hall–Kier alpha value is -4.60. The maximum atomic E-state index is 13.1. The second kappa shape index (κ2) is 13.2. The van der Waals surface area contributed by atoms with E-state index in [2.05, 4.69) is 15.3 Å². The lowest BCUT2D eigenvalue weighted by molar-refractivity contribution is -0.168. The topological polar surface area (TPSA) is 156 Å². The largest absolute Gasteiger partial charge is 0.465 e. The van der Waals surface area contributed by atoms with E-state index in [1.807, 2.05) is 60.9 Å². The summed E-state index contributed by atoms with van der Waals surface area (Å²) in [5.74, 6) is -2.15. The fraction of sp³-hybridized carbons (Fsp3) is 0.355. The molecule has 0 spiro atoms. The summed E-state index contributed by atoms with van der Waals surface area (Å²) in [6, 6.07) is 15.6. The van der Waals surface area contributed by atoms with Crippen molar-refractivity contribution in [1.29, 1.82) is 0 Å². The van der Waals surface area contributed by atoms with E-state index in [1.54, 1.807) is 13.8 Å². The predicted molar refractivity (Wildman–Crippen MR) is 155 cm³/mol. The summed E-state index contributed by atoms with van der Waals surface area (Å²) in [5, 5.41) is 4.67. The van der Waals surface area contributed by atoms with Crippen molar-refractivity contribution in [3.8, 4) is 0 Å². The first-order valence-electron chi connectivity index (χ1n) is 13.6. The minimum absolute atomic E-state index is 0.00194. The van der Waals surface area contributed by atoms with E-state index in [0.29, 0.717) is 12.8 Å². The van der Waals surface area contributed by atoms with E-state index in [0.717, 1.165) is 32.9 Å². The Morgan fingerprint density at radius 3 is 1.93 bits per heavy atom. The first kappa shape index (κ1) is 29.4. The van der Waals surface area contributed by atoms with Gasteiger partial charge in [-0.2, -0.15) is 0 Å². The Balaban J connectivity index is 1.36. The number of nitrogens with one attached hydrogen (secondary N) is 3. The summed E-state index contributed by atoms with van der Waals surface area (Å²) in [6.45, 7) is 3.22. The molecule has 2 heterocycles. The molecule has 0 saturated carbocycles. The normalized spacial score (nSPS) is 12.2. The average Bonchev–Trinajstić information content (AvgIpc) is 3.56. The van der Waals surface area contributed by atoms with Crippen LogP contribution >= 0.6 is 0 Å². The van der Waals surface area contributed by atoms with Gasteiger partial charge in [0.1, 0.15) is 6.61 Å². The molecule has 0 aliphatic rings. The highest BCUT2D eigenvalue weighted by molar-refractivity contribution is 5.86. The molecule has 0 fully saturated rings. The van der Waals surface area contributed by atoms with Crippen LogP contribution in [0.25, 0.3) is 21.8 Å². The molecule has 0 aliphatic heterocycles. The number of nitrogens with two attached hydrogens (primary N) is 1. The van der Waals surface area contributed by atoms with Crippen LogP contribution in [0.2, 0.25) is 0 Å². The van der Waals surface area contributed by atoms with Gasteiger partial charge in [-0.05, 0) is 36.1 Å². The van der Waals surface area contributed by atoms with Gasteiger partial charge < -0.3 is 30.5 Å². The third kappa shape index (κ3) is 7.75. The van der Waals surface area contributed by atoms with Crippen molar-refractivity contribution >= 4 is 45.6 Å². The van der Waals surface area contributed by atoms with Gasteiger partial charge >= 0.3 is 11.9 Å². The van der Waals surface area contributed by atoms with Crippen molar-refractivity contribution in [3.63, 3.8) is 0 Å². The molecule has 2 amide bonds. The van der Waals surface area contributed by atoms with Gasteiger partial charge in [0.25, 0.3) is 5.91 Å². The Morgan fingerprint density at radius 1 is 0.829 bits per heavy atom. The first-order valence-corrected chi connectivity index (χ1v) is 13.6. The third-order valence-corrected chi connectivity index (χ3v) is 7.02. The number of primary amides is 1. The number of aryl methyl sites for hydroxylation is 2. The number of rotatable bonds is 14. The quantitative estimate of drug-likeness (QED) is 0.172. The molecule has 4 rings (SSSR count). The predicted octanol–water partition coefficient (Wildman–Crippen LogP) is 3.69. The van der Waals surface area contributed by atoms with E-state index in [-0.39, 0.29) is 32.4 Å². The van der Waals surface area contributed by atoms with Crippen LogP contribution < -0.4 is 11.1 Å². The number of hydrogen-bond donors (Lipinski definition) is 4. The second-order valence-electron chi connectivity index (χ2n) is 10.7. The number of benzene rings is 2. The molecule has 0 aliphatic carbocycles. The van der Waals surface area contributed by atoms with Gasteiger partial charge in [0.05, 0.1) is 0 Å². The number of para-hydroxylation sites is 2. The SMILES string of the molecule is CC(C)(COC(=O)CCc1c[nH]c2ccccc12)C(OC(=O)CCc1c[nH]c2ccccc12)C(=O)NCCC(N)=O. The van der Waals surface area contributed by atoms with Gasteiger partial charge in [0.2, 0.25) is 5.91 Å². The summed E-state index contributed by atoms with van der Waals surface area (Å²) in [7, 11) is 0. The summed E-state index contributed by atoms with van der Waals surface area (Å²) in [4.78, 5) is 56.1. The lowest BCUT2D eigenvalue weighted by Gasteiger charge is -2.32. The zero-order chi connectivity index (χ0) is 29.4. The van der Waals surface area contributed by atoms with Gasteiger partial charge in [-0.15, -0.1) is 0 Å². The number of ether oxygens (including phenoxy) is 2. The Morgan fingerprint density at radius 2 is 1.37 bits per heavy atom. The number of aromatic amines is 2. The van der Waals surface area contributed by atoms with Gasteiger partial charge in [-0.1, -0.05) is 50.2 Å². The maximum Gasteiger partial charge on any atom is 0.306 e. The smallest absolute Gasteiger partial charge is 0.306 e. The standard InChI is InChI=1S/C31H36N4O6/c1-31(2,19-40-27(37)13-11-20-17-34-24-9-5-3-7-22(20)24)29(30(39)33-16-15-26(32)36)41-28(38)14-12-21-18-35-25-10-6-4-8-23(21)25/h3-10,17-18,29,34-35H,11-16,19H2,1-2H3,(H2,32,36)(H,33,39). The fourth-order valence-corrected chi connectivity index (χ4v) is 4.72. The van der Waals surface area contributed by atoms with Crippen molar-refractivity contribution in [3.05, 3.63) is 72.1 Å². The van der Waals surface area contributed by atoms with E-state index in [1.165, 1.54) is 0 Å². The van der Waals surface area contributed by atoms with E-state index < -0.39 is 35.3 Å². The fourth-order valence-electron chi connectivity index (χ4n) is 4.72. The highest BCUT2D eigenvalue weighted by Gasteiger charge is 2.39. The van der Waals surface area contributed by atoms with Crippen LogP contribution in [0, 0.1) is 5.41 Å². The van der Waals surface area contributed by atoms with Gasteiger partial charge in [-0.25, -0.2) is 0 Å². The van der Waals surface area contributed by atoms with Gasteiger partial charge in [0.15, 0.2) is 6.10 Å². The summed E-state index contributed by atoms with van der Waals surface area (Å²) < 4.78 is 11.2. The zero-order valence-electron chi connectivity index (χ0n) is 23.3. The number of carbonyl (C=O) groups excluding carboxylic acids is 4. The molecule has 0 radical (unpaired) electrons. The van der Waals surface area contributed by atoms with E-state index in [9.17, 15) is 19.2 Å². The third-order valence-electron chi connectivity index (χ3n) is 7.02. The average molecular weight is 561 g/mol. The van der Waals surface area contributed by atoms with Crippen LogP contribution in [0.15, 0.2) is 60.9 Å². The summed E-state index contributed by atoms with van der Waals surface area (Å²) in [6.07, 6.45) is 3.52. The Labute approximate surface area is 238 Å².